The lowest BCUT2D eigenvalue weighted by atomic mass is 9.99. The summed E-state index contributed by atoms with van der Waals surface area (Å²) in [6.07, 6.45) is -7.33. The monoisotopic (exact) mass is 321 g/mol. The molecule has 0 spiro atoms. The fraction of sp³-hybridized carbons (Fsp3) is 0.769. The van der Waals surface area contributed by atoms with Crippen LogP contribution < -0.4 is 5.32 Å². The number of carbonyl (C=O) groups is 1. The first-order chi connectivity index (χ1) is 10.3. The zero-order valence-electron chi connectivity index (χ0n) is 12.5. The van der Waals surface area contributed by atoms with Crippen LogP contribution in [-0.4, -0.2) is 76.2 Å². The maximum Gasteiger partial charge on any atom is 0.245 e. The Labute approximate surface area is 128 Å². The van der Waals surface area contributed by atoms with Crippen LogP contribution in [0.2, 0.25) is 0 Å². The molecule has 22 heavy (non-hydrogen) atoms. The summed E-state index contributed by atoms with van der Waals surface area (Å²) in [5.41, 5.74) is 0. The Morgan fingerprint density at radius 3 is 2.55 bits per heavy atom. The molecule has 1 aliphatic rings. The van der Waals surface area contributed by atoms with E-state index in [1.807, 2.05) is 0 Å². The van der Waals surface area contributed by atoms with E-state index < -0.39 is 55.7 Å². The summed E-state index contributed by atoms with van der Waals surface area (Å²) >= 11 is 0. The van der Waals surface area contributed by atoms with Gasteiger partial charge in [-0.3, -0.25) is 4.79 Å². The van der Waals surface area contributed by atoms with Gasteiger partial charge in [0.2, 0.25) is 5.91 Å². The summed E-state index contributed by atoms with van der Waals surface area (Å²) in [4.78, 5) is 11.1. The van der Waals surface area contributed by atoms with Crippen LogP contribution in [0.1, 0.15) is 13.8 Å². The molecule has 1 saturated heterocycles. The molecule has 0 aromatic rings. The highest BCUT2D eigenvalue weighted by atomic mass is 16.7. The van der Waals surface area contributed by atoms with Gasteiger partial charge in [0.15, 0.2) is 12.6 Å². The van der Waals surface area contributed by atoms with Crippen molar-refractivity contribution in [2.75, 3.05) is 6.61 Å². The molecule has 0 radical (unpaired) electrons. The minimum Gasteiger partial charge on any atom is -0.394 e. The third kappa shape index (κ3) is 4.99. The van der Waals surface area contributed by atoms with E-state index in [0.717, 1.165) is 6.08 Å². The highest BCUT2D eigenvalue weighted by molar-refractivity contribution is 5.86. The number of aliphatic hydroxyl groups excluding tert-OH is 4. The van der Waals surface area contributed by atoms with Crippen molar-refractivity contribution in [2.24, 2.45) is 0 Å². The minimum atomic E-state index is -1.54. The van der Waals surface area contributed by atoms with Gasteiger partial charge in [-0.2, -0.15) is 0 Å². The van der Waals surface area contributed by atoms with Crippen LogP contribution >= 0.6 is 0 Å². The summed E-state index contributed by atoms with van der Waals surface area (Å²) in [5, 5.41) is 40.8. The number of nitrogens with one attached hydrogen (secondary N) is 1. The second-order valence-electron chi connectivity index (χ2n) is 4.89. The molecule has 1 amide bonds. The van der Waals surface area contributed by atoms with Crippen LogP contribution in [-0.2, 0) is 19.0 Å². The number of ether oxygens (including phenoxy) is 3. The van der Waals surface area contributed by atoms with E-state index in [1.54, 1.807) is 6.92 Å². The van der Waals surface area contributed by atoms with E-state index in [9.17, 15) is 20.1 Å². The molecular weight excluding hydrogens is 298 g/mol. The van der Waals surface area contributed by atoms with Gasteiger partial charge in [0.25, 0.3) is 0 Å². The Kier molecular flexibility index (Phi) is 7.36. The van der Waals surface area contributed by atoms with Crippen LogP contribution in [0.15, 0.2) is 12.7 Å². The number of carbonyl (C=O) groups excluding carboxylic acids is 1. The topological polar surface area (TPSA) is 138 Å². The summed E-state index contributed by atoms with van der Waals surface area (Å²) < 4.78 is 15.5. The van der Waals surface area contributed by atoms with Gasteiger partial charge >= 0.3 is 0 Å². The molecule has 1 fully saturated rings. The third-order valence-corrected chi connectivity index (χ3v) is 3.12. The maximum atomic E-state index is 11.1. The van der Waals surface area contributed by atoms with Crippen LogP contribution in [0.5, 0.6) is 0 Å². The van der Waals surface area contributed by atoms with Crippen molar-refractivity contribution in [2.45, 2.75) is 57.1 Å². The quantitative estimate of drug-likeness (QED) is 0.263. The van der Waals surface area contributed by atoms with Crippen LogP contribution in [0, 0.1) is 0 Å². The van der Waals surface area contributed by atoms with Gasteiger partial charge in [-0.05, 0) is 19.9 Å². The van der Waals surface area contributed by atoms with Crippen molar-refractivity contribution in [3.63, 3.8) is 0 Å². The molecule has 0 saturated carbocycles. The fourth-order valence-corrected chi connectivity index (χ4v) is 2.05. The van der Waals surface area contributed by atoms with Crippen molar-refractivity contribution < 1.29 is 39.4 Å². The first-order valence-corrected chi connectivity index (χ1v) is 6.84. The number of hydrogen-bond acceptors (Lipinski definition) is 8. The minimum absolute atomic E-state index is 0.429. The molecule has 0 aliphatic carbocycles. The molecule has 1 heterocycles. The molecule has 9 nitrogen and oxygen atoms in total. The van der Waals surface area contributed by atoms with Crippen molar-refractivity contribution in [3.8, 4) is 0 Å². The average Bonchev–Trinajstić information content (AvgIpc) is 2.46. The van der Waals surface area contributed by atoms with Crippen LogP contribution in [0.4, 0.5) is 0 Å². The second kappa shape index (κ2) is 8.53. The zero-order chi connectivity index (χ0) is 16.9. The predicted octanol–water partition coefficient (Wildman–Crippen LogP) is -2.19. The molecule has 0 aromatic heterocycles. The van der Waals surface area contributed by atoms with E-state index >= 15 is 0 Å². The fourth-order valence-electron chi connectivity index (χ4n) is 2.05. The smallest absolute Gasteiger partial charge is 0.245 e. The van der Waals surface area contributed by atoms with Crippen molar-refractivity contribution >= 4 is 5.91 Å². The van der Waals surface area contributed by atoms with Gasteiger partial charge in [0.05, 0.1) is 6.61 Å². The van der Waals surface area contributed by atoms with Gasteiger partial charge < -0.3 is 40.0 Å². The Morgan fingerprint density at radius 1 is 1.36 bits per heavy atom. The largest absolute Gasteiger partial charge is 0.394 e. The second-order valence-corrected chi connectivity index (χ2v) is 4.89. The first kappa shape index (κ1) is 19.0. The Bertz CT molecular complexity index is 379. The van der Waals surface area contributed by atoms with E-state index in [-0.39, 0.29) is 0 Å². The van der Waals surface area contributed by atoms with Crippen molar-refractivity contribution in [1.82, 2.24) is 5.32 Å². The Balaban J connectivity index is 2.54. The van der Waals surface area contributed by atoms with Crippen LogP contribution in [0.25, 0.3) is 0 Å². The van der Waals surface area contributed by atoms with E-state index in [2.05, 4.69) is 11.9 Å². The number of rotatable bonds is 7. The van der Waals surface area contributed by atoms with Crippen LogP contribution in [0.3, 0.4) is 0 Å². The lowest BCUT2D eigenvalue weighted by molar-refractivity contribution is -0.324. The Hall–Kier alpha value is -1.07. The van der Waals surface area contributed by atoms with Gasteiger partial charge in [0, 0.05) is 0 Å². The Morgan fingerprint density at radius 2 is 2.00 bits per heavy atom. The lowest BCUT2D eigenvalue weighted by Crippen LogP contribution is -2.60. The van der Waals surface area contributed by atoms with E-state index in [1.165, 1.54) is 6.92 Å². The summed E-state index contributed by atoms with van der Waals surface area (Å²) in [7, 11) is 0. The standard InChI is InChI=1S/C13H23NO8/c1-4-9(16)14-6(2)20-7(3)21-12-11(18)10(17)8(5-15)22-13(12)19/h4,6-8,10-13,15,17-19H,1,5H2,2-3H3,(H,14,16)/t6?,7?,8-,10-,11+,12-,13?/m1/s1. The molecule has 7 atom stereocenters. The van der Waals surface area contributed by atoms with E-state index in [0.29, 0.717) is 0 Å². The van der Waals surface area contributed by atoms with E-state index in [4.69, 9.17) is 19.3 Å². The van der Waals surface area contributed by atoms with Gasteiger partial charge in [0.1, 0.15) is 30.6 Å². The van der Waals surface area contributed by atoms with Gasteiger partial charge in [-0.15, -0.1) is 0 Å². The molecule has 3 unspecified atom stereocenters. The average molecular weight is 321 g/mol. The molecule has 9 heteroatoms. The maximum absolute atomic E-state index is 11.1. The molecular formula is C13H23NO8. The highest BCUT2D eigenvalue weighted by Gasteiger charge is 2.45. The molecule has 0 aromatic carbocycles. The predicted molar refractivity (Wildman–Crippen MR) is 73.2 cm³/mol. The van der Waals surface area contributed by atoms with Gasteiger partial charge in [-0.25, -0.2) is 0 Å². The highest BCUT2D eigenvalue weighted by Crippen LogP contribution is 2.23. The lowest BCUT2D eigenvalue weighted by Gasteiger charge is -2.40. The number of aliphatic hydroxyl groups is 4. The van der Waals surface area contributed by atoms with Crippen molar-refractivity contribution in [1.29, 1.82) is 0 Å². The third-order valence-electron chi connectivity index (χ3n) is 3.12. The summed E-state index contributed by atoms with van der Waals surface area (Å²) in [6.45, 7) is 5.79. The first-order valence-electron chi connectivity index (χ1n) is 6.84. The number of amides is 1. The van der Waals surface area contributed by atoms with Crippen molar-refractivity contribution in [3.05, 3.63) is 12.7 Å². The summed E-state index contributed by atoms with van der Waals surface area (Å²) in [6, 6.07) is 0. The summed E-state index contributed by atoms with van der Waals surface area (Å²) in [5.74, 6) is -0.429. The normalized spacial score (nSPS) is 34.7. The zero-order valence-corrected chi connectivity index (χ0v) is 12.5. The molecule has 5 N–H and O–H groups in total. The molecule has 0 bridgehead atoms. The molecule has 1 rings (SSSR count). The molecule has 1 aliphatic heterocycles. The SMILES string of the molecule is C=CC(=O)NC(C)OC(C)O[C@H]1C(O)O[C@H](CO)[C@@H](O)[C@@H]1O. The molecule has 128 valence electrons. The number of hydrogen-bond donors (Lipinski definition) is 5. The van der Waals surface area contributed by atoms with Gasteiger partial charge in [-0.1, -0.05) is 6.58 Å².